The molecule has 0 bridgehead atoms. The lowest BCUT2D eigenvalue weighted by Crippen LogP contribution is -2.07. The second-order valence-electron chi connectivity index (χ2n) is 8.22. The summed E-state index contributed by atoms with van der Waals surface area (Å²) in [7, 11) is 3.94. The molecule has 0 aromatic heterocycles. The predicted octanol–water partition coefficient (Wildman–Crippen LogP) is 7.49. The highest BCUT2D eigenvalue weighted by Gasteiger charge is 2.30. The highest BCUT2D eigenvalue weighted by molar-refractivity contribution is 5.82. The molecule has 0 saturated heterocycles. The first-order valence-electron chi connectivity index (χ1n) is 10.9. The van der Waals surface area contributed by atoms with E-state index >= 15 is 0 Å². The molecule has 4 aromatic rings. The van der Waals surface area contributed by atoms with Crippen molar-refractivity contribution in [1.29, 1.82) is 0 Å². The van der Waals surface area contributed by atoms with Gasteiger partial charge in [-0.05, 0) is 70.8 Å². The maximum atomic E-state index is 13.1. The molecule has 172 valence electrons. The molecule has 0 saturated carbocycles. The summed E-state index contributed by atoms with van der Waals surface area (Å²) in [5.41, 5.74) is 5.58. The second kappa shape index (κ2) is 9.84. The lowest BCUT2D eigenvalue weighted by molar-refractivity contribution is -0.137. The molecule has 0 fully saturated rings. The lowest BCUT2D eigenvalue weighted by Gasteiger charge is -2.15. The van der Waals surface area contributed by atoms with Crippen LogP contribution in [0.1, 0.15) is 22.3 Å². The number of nitrogens with zero attached hydrogens (tertiary/aromatic N) is 1. The van der Waals surface area contributed by atoms with E-state index in [1.807, 2.05) is 85.7 Å². The normalized spacial score (nSPS) is 10.7. The minimum Gasteiger partial charge on any atom is -0.378 e. The molecule has 0 aliphatic rings. The van der Waals surface area contributed by atoms with Crippen molar-refractivity contribution in [2.45, 2.75) is 6.18 Å². The van der Waals surface area contributed by atoms with Gasteiger partial charge in [-0.3, -0.25) is 0 Å². The summed E-state index contributed by atoms with van der Waals surface area (Å²) in [6.45, 7) is 0. The number of hydrogen-bond acceptors (Lipinski definition) is 1. The van der Waals surface area contributed by atoms with Crippen LogP contribution in [0, 0.1) is 24.2 Å². The zero-order valence-electron chi connectivity index (χ0n) is 19.3. The number of rotatable bonds is 3. The SMILES string of the molecule is C#Cc1cc(-c2ccc(C(F)(F)F)cc2)c(C#Cc2ccccc2)cc1-c1ccc(N(C)C)cc1. The molecular weight excluding hydrogens is 443 g/mol. The monoisotopic (exact) mass is 465 g/mol. The van der Waals surface area contributed by atoms with Gasteiger partial charge in [-0.25, -0.2) is 0 Å². The molecule has 0 aliphatic carbocycles. The van der Waals surface area contributed by atoms with Crippen LogP contribution in [0.25, 0.3) is 22.3 Å². The summed E-state index contributed by atoms with van der Waals surface area (Å²) in [5, 5.41) is 0. The Kier molecular flexibility index (Phi) is 6.67. The van der Waals surface area contributed by atoms with Gasteiger partial charge in [0.05, 0.1) is 5.56 Å². The van der Waals surface area contributed by atoms with Gasteiger partial charge in [0.25, 0.3) is 0 Å². The van der Waals surface area contributed by atoms with Crippen molar-refractivity contribution in [3.8, 4) is 46.4 Å². The summed E-state index contributed by atoms with van der Waals surface area (Å²) in [6.07, 6.45) is 1.46. The Morgan fingerprint density at radius 1 is 0.686 bits per heavy atom. The van der Waals surface area contributed by atoms with Crippen LogP contribution in [-0.4, -0.2) is 14.1 Å². The van der Waals surface area contributed by atoms with Crippen LogP contribution >= 0.6 is 0 Å². The number of hydrogen-bond donors (Lipinski definition) is 0. The molecule has 0 radical (unpaired) electrons. The van der Waals surface area contributed by atoms with Crippen molar-refractivity contribution in [2.75, 3.05) is 19.0 Å². The first-order valence-corrected chi connectivity index (χ1v) is 10.9. The third-order valence-electron chi connectivity index (χ3n) is 5.65. The fraction of sp³-hybridized carbons (Fsp3) is 0.0968. The van der Waals surface area contributed by atoms with E-state index < -0.39 is 11.7 Å². The van der Waals surface area contributed by atoms with E-state index in [0.29, 0.717) is 22.3 Å². The molecule has 0 aliphatic heterocycles. The Hall–Kier alpha value is -4.41. The lowest BCUT2D eigenvalue weighted by atomic mass is 9.90. The molecule has 0 amide bonds. The molecule has 0 spiro atoms. The highest BCUT2D eigenvalue weighted by Crippen LogP contribution is 2.35. The number of alkyl halides is 3. The standard InChI is InChI=1S/C31H22F3N/c1-4-23-20-30(24-12-16-27(17-13-24)31(32,33)34)26(11-10-22-8-6-5-7-9-22)21-29(23)25-14-18-28(19-15-25)35(2)3/h1,5-9,12-21H,2-3H3. The number of halogens is 3. The summed E-state index contributed by atoms with van der Waals surface area (Å²) in [5.74, 6) is 9.11. The first kappa shape index (κ1) is 23.7. The van der Waals surface area contributed by atoms with E-state index in [0.717, 1.165) is 34.5 Å². The van der Waals surface area contributed by atoms with Crippen molar-refractivity contribution in [3.05, 3.63) is 113 Å². The molecule has 1 nitrogen and oxygen atoms in total. The molecule has 0 atom stereocenters. The van der Waals surface area contributed by atoms with Gasteiger partial charge in [-0.1, -0.05) is 60.2 Å². The van der Waals surface area contributed by atoms with E-state index in [9.17, 15) is 13.2 Å². The summed E-state index contributed by atoms with van der Waals surface area (Å²) in [4.78, 5) is 2.01. The zero-order chi connectivity index (χ0) is 25.0. The minimum absolute atomic E-state index is 0.612. The van der Waals surface area contributed by atoms with E-state index in [1.54, 1.807) is 0 Å². The van der Waals surface area contributed by atoms with Gasteiger partial charge in [0, 0.05) is 36.5 Å². The molecule has 0 N–H and O–H groups in total. The molecule has 4 aromatic carbocycles. The fourth-order valence-electron chi connectivity index (χ4n) is 3.74. The van der Waals surface area contributed by atoms with Crippen LogP contribution in [0.5, 0.6) is 0 Å². The Morgan fingerprint density at radius 2 is 1.23 bits per heavy atom. The molecule has 0 unspecified atom stereocenters. The zero-order valence-corrected chi connectivity index (χ0v) is 19.3. The third-order valence-corrected chi connectivity index (χ3v) is 5.65. The maximum absolute atomic E-state index is 13.1. The Bertz CT molecular complexity index is 1430. The van der Waals surface area contributed by atoms with E-state index in [2.05, 4.69) is 17.8 Å². The van der Waals surface area contributed by atoms with Gasteiger partial charge in [0.2, 0.25) is 0 Å². The second-order valence-corrected chi connectivity index (χ2v) is 8.22. The van der Waals surface area contributed by atoms with Crippen LogP contribution < -0.4 is 4.90 Å². The van der Waals surface area contributed by atoms with Crippen LogP contribution in [0.15, 0.2) is 91.0 Å². The van der Waals surface area contributed by atoms with Gasteiger partial charge in [-0.15, -0.1) is 6.42 Å². The van der Waals surface area contributed by atoms with E-state index in [4.69, 9.17) is 6.42 Å². The van der Waals surface area contributed by atoms with E-state index in [1.165, 1.54) is 12.1 Å². The Balaban J connectivity index is 1.88. The smallest absolute Gasteiger partial charge is 0.378 e. The summed E-state index contributed by atoms with van der Waals surface area (Å²) in [6, 6.07) is 26.4. The van der Waals surface area contributed by atoms with Crippen molar-refractivity contribution < 1.29 is 13.2 Å². The highest BCUT2D eigenvalue weighted by atomic mass is 19.4. The molecule has 35 heavy (non-hydrogen) atoms. The quantitative estimate of drug-likeness (QED) is 0.283. The average Bonchev–Trinajstić information content (AvgIpc) is 2.87. The molecule has 0 heterocycles. The third kappa shape index (κ3) is 5.40. The van der Waals surface area contributed by atoms with Gasteiger partial charge in [-0.2, -0.15) is 13.2 Å². The van der Waals surface area contributed by atoms with Gasteiger partial charge in [0.1, 0.15) is 0 Å². The summed E-state index contributed by atoms with van der Waals surface area (Å²) < 4.78 is 39.3. The van der Waals surface area contributed by atoms with Crippen molar-refractivity contribution in [3.63, 3.8) is 0 Å². The van der Waals surface area contributed by atoms with Crippen LogP contribution in [0.2, 0.25) is 0 Å². The molecule has 4 rings (SSSR count). The topological polar surface area (TPSA) is 3.24 Å². The minimum atomic E-state index is -4.40. The number of benzene rings is 4. The first-order chi connectivity index (χ1) is 16.8. The van der Waals surface area contributed by atoms with E-state index in [-0.39, 0.29) is 0 Å². The van der Waals surface area contributed by atoms with Crippen molar-refractivity contribution >= 4 is 5.69 Å². The Labute approximate surface area is 203 Å². The van der Waals surface area contributed by atoms with Crippen molar-refractivity contribution in [2.24, 2.45) is 0 Å². The van der Waals surface area contributed by atoms with Gasteiger partial charge >= 0.3 is 6.18 Å². The van der Waals surface area contributed by atoms with Crippen LogP contribution in [0.4, 0.5) is 18.9 Å². The van der Waals surface area contributed by atoms with Crippen LogP contribution in [0.3, 0.4) is 0 Å². The number of terminal acetylenes is 1. The largest absolute Gasteiger partial charge is 0.416 e. The predicted molar refractivity (Wildman–Crippen MR) is 137 cm³/mol. The maximum Gasteiger partial charge on any atom is 0.416 e. The van der Waals surface area contributed by atoms with Gasteiger partial charge in [0.15, 0.2) is 0 Å². The molecule has 4 heteroatoms. The number of anilines is 1. The fourth-order valence-corrected chi connectivity index (χ4v) is 3.74. The average molecular weight is 466 g/mol. The summed E-state index contributed by atoms with van der Waals surface area (Å²) >= 11 is 0. The van der Waals surface area contributed by atoms with Gasteiger partial charge < -0.3 is 4.90 Å². The molecular formula is C31H22F3N. The van der Waals surface area contributed by atoms with Crippen LogP contribution in [-0.2, 0) is 6.18 Å². The van der Waals surface area contributed by atoms with Crippen molar-refractivity contribution in [1.82, 2.24) is 0 Å². The Morgan fingerprint density at radius 3 is 1.77 bits per heavy atom.